The molecule has 1 unspecified atom stereocenters. The van der Waals surface area contributed by atoms with Crippen LogP contribution in [-0.4, -0.2) is 9.13 Å². The van der Waals surface area contributed by atoms with Crippen LogP contribution in [0.1, 0.15) is 28.4 Å². The molecule has 1 aliphatic rings. The standard InChI is InChI=1S/C49H34N2O/c1-31-11-10-18-48-49(31)42-30-35(22-26-47(42)52-48)34-21-25-46-41(29-34)40-28-33(20-24-45(40)51(46)37-14-6-3-7-15-37)32-19-23-44-39(27-32)38-16-8-9-17-43(38)50(44)36-12-4-2-5-13-36/h2-29,35H,30H2,1H3. The van der Waals surface area contributed by atoms with Gasteiger partial charge in [-0.1, -0.05) is 91.0 Å². The number of nitrogens with zero attached hydrogens (tertiary/aromatic N) is 2. The average Bonchev–Trinajstić information content (AvgIpc) is 3.85. The van der Waals surface area contributed by atoms with Crippen LogP contribution in [0.25, 0.3) is 83.2 Å². The molecule has 0 saturated carbocycles. The van der Waals surface area contributed by atoms with Crippen molar-refractivity contribution in [2.45, 2.75) is 19.3 Å². The van der Waals surface area contributed by atoms with Crippen LogP contribution in [0, 0.1) is 6.92 Å². The van der Waals surface area contributed by atoms with Crippen molar-refractivity contribution in [1.82, 2.24) is 9.13 Å². The number of aryl methyl sites for hydroxylation is 1. The van der Waals surface area contributed by atoms with E-state index < -0.39 is 0 Å². The number of allylic oxidation sites excluding steroid dienone is 1. The molecular weight excluding hydrogens is 633 g/mol. The first-order valence-corrected chi connectivity index (χ1v) is 18.1. The van der Waals surface area contributed by atoms with Crippen LogP contribution in [0.4, 0.5) is 0 Å². The van der Waals surface area contributed by atoms with Gasteiger partial charge in [-0.05, 0) is 114 Å². The van der Waals surface area contributed by atoms with Crippen LogP contribution in [0.15, 0.2) is 168 Å². The number of benzene rings is 7. The zero-order valence-corrected chi connectivity index (χ0v) is 28.8. The number of rotatable bonds is 4. The van der Waals surface area contributed by atoms with Crippen LogP contribution < -0.4 is 0 Å². The van der Waals surface area contributed by atoms with Crippen LogP contribution in [0.3, 0.4) is 0 Å². The molecule has 1 atom stereocenters. The van der Waals surface area contributed by atoms with Crippen molar-refractivity contribution in [3.63, 3.8) is 0 Å². The fourth-order valence-electron chi connectivity index (χ4n) is 8.79. The van der Waals surface area contributed by atoms with Gasteiger partial charge >= 0.3 is 0 Å². The zero-order chi connectivity index (χ0) is 34.3. The maximum Gasteiger partial charge on any atom is 0.135 e. The van der Waals surface area contributed by atoms with E-state index in [-0.39, 0.29) is 5.92 Å². The smallest absolute Gasteiger partial charge is 0.135 e. The molecule has 0 aliphatic heterocycles. The highest BCUT2D eigenvalue weighted by atomic mass is 16.3. The van der Waals surface area contributed by atoms with E-state index in [9.17, 15) is 0 Å². The van der Waals surface area contributed by atoms with Crippen molar-refractivity contribution in [3.8, 4) is 22.5 Å². The van der Waals surface area contributed by atoms with Gasteiger partial charge < -0.3 is 13.6 Å². The van der Waals surface area contributed by atoms with Crippen molar-refractivity contribution in [1.29, 1.82) is 0 Å². The van der Waals surface area contributed by atoms with Gasteiger partial charge in [0.05, 0.1) is 22.1 Å². The Morgan fingerprint density at radius 3 is 1.79 bits per heavy atom. The number of hydrogen-bond donors (Lipinski definition) is 0. The molecule has 0 saturated heterocycles. The molecule has 3 heteroatoms. The molecule has 52 heavy (non-hydrogen) atoms. The van der Waals surface area contributed by atoms with Crippen molar-refractivity contribution in [2.24, 2.45) is 0 Å². The Morgan fingerprint density at radius 2 is 1.10 bits per heavy atom. The van der Waals surface area contributed by atoms with Crippen molar-refractivity contribution in [3.05, 3.63) is 186 Å². The molecule has 0 radical (unpaired) electrons. The third-order valence-electron chi connectivity index (χ3n) is 11.2. The summed E-state index contributed by atoms with van der Waals surface area (Å²) in [4.78, 5) is 0. The lowest BCUT2D eigenvalue weighted by Crippen LogP contribution is -2.04. The second kappa shape index (κ2) is 11.2. The van der Waals surface area contributed by atoms with E-state index in [1.54, 1.807) is 0 Å². The summed E-state index contributed by atoms with van der Waals surface area (Å²) in [5.41, 5.74) is 14.5. The maximum absolute atomic E-state index is 6.27. The highest BCUT2D eigenvalue weighted by Gasteiger charge is 2.24. The molecule has 3 aromatic heterocycles. The predicted molar refractivity (Wildman–Crippen MR) is 217 cm³/mol. The van der Waals surface area contributed by atoms with Gasteiger partial charge in [0, 0.05) is 49.8 Å². The molecule has 3 nitrogen and oxygen atoms in total. The number of hydrogen-bond acceptors (Lipinski definition) is 1. The Labute approximate surface area is 301 Å². The summed E-state index contributed by atoms with van der Waals surface area (Å²) in [6.07, 6.45) is 5.43. The summed E-state index contributed by atoms with van der Waals surface area (Å²) in [5, 5.41) is 6.32. The number of fused-ring (bicyclic) bond motifs is 9. The van der Waals surface area contributed by atoms with Crippen molar-refractivity contribution < 1.29 is 4.42 Å². The van der Waals surface area contributed by atoms with Crippen LogP contribution in [0.5, 0.6) is 0 Å². The minimum atomic E-state index is 0.264. The first-order chi connectivity index (χ1) is 25.7. The van der Waals surface area contributed by atoms with Gasteiger partial charge in [-0.3, -0.25) is 0 Å². The molecule has 246 valence electrons. The maximum atomic E-state index is 6.27. The van der Waals surface area contributed by atoms with Crippen LogP contribution in [-0.2, 0) is 6.42 Å². The Balaban J connectivity index is 1.08. The minimum Gasteiger partial charge on any atom is -0.456 e. The van der Waals surface area contributed by atoms with E-state index in [1.165, 1.54) is 88.2 Å². The monoisotopic (exact) mass is 666 g/mol. The van der Waals surface area contributed by atoms with Crippen molar-refractivity contribution in [2.75, 3.05) is 0 Å². The summed E-state index contributed by atoms with van der Waals surface area (Å²) >= 11 is 0. The van der Waals surface area contributed by atoms with Crippen molar-refractivity contribution >= 4 is 60.7 Å². The van der Waals surface area contributed by atoms with E-state index in [4.69, 9.17) is 4.42 Å². The van der Waals surface area contributed by atoms with Gasteiger partial charge in [0.2, 0.25) is 0 Å². The molecule has 7 aromatic carbocycles. The normalized spacial score (nSPS) is 14.3. The zero-order valence-electron chi connectivity index (χ0n) is 28.8. The SMILES string of the molecule is Cc1cccc2oc3c(c12)CC(c1ccc2c(c1)c1cc(-c4ccc5c(c4)c4ccccc4n5-c4ccccc4)ccc1n2-c1ccccc1)C=C3. The van der Waals surface area contributed by atoms with Gasteiger partial charge in [0.25, 0.3) is 0 Å². The minimum absolute atomic E-state index is 0.264. The summed E-state index contributed by atoms with van der Waals surface area (Å²) < 4.78 is 11.1. The summed E-state index contributed by atoms with van der Waals surface area (Å²) in [6.45, 7) is 2.19. The number of aromatic nitrogens is 2. The van der Waals surface area contributed by atoms with Gasteiger partial charge in [-0.2, -0.15) is 0 Å². The fourth-order valence-corrected chi connectivity index (χ4v) is 8.79. The van der Waals surface area contributed by atoms with Gasteiger partial charge in [0.1, 0.15) is 11.3 Å². The molecule has 1 aliphatic carbocycles. The molecule has 11 rings (SSSR count). The molecule has 0 amide bonds. The van der Waals surface area contributed by atoms with E-state index in [1.807, 2.05) is 0 Å². The molecule has 10 aromatic rings. The molecule has 0 N–H and O–H groups in total. The summed E-state index contributed by atoms with van der Waals surface area (Å²) in [6, 6.07) is 57.5. The lowest BCUT2D eigenvalue weighted by atomic mass is 9.85. The van der Waals surface area contributed by atoms with E-state index >= 15 is 0 Å². The molecular formula is C49H34N2O. The largest absolute Gasteiger partial charge is 0.456 e. The van der Waals surface area contributed by atoms with Crippen LogP contribution in [0.2, 0.25) is 0 Å². The lowest BCUT2D eigenvalue weighted by molar-refractivity contribution is 0.591. The summed E-state index contributed by atoms with van der Waals surface area (Å²) in [7, 11) is 0. The van der Waals surface area contributed by atoms with Gasteiger partial charge in [-0.15, -0.1) is 0 Å². The fraction of sp³-hybridized carbons (Fsp3) is 0.0612. The molecule has 0 spiro atoms. The molecule has 0 bridgehead atoms. The average molecular weight is 667 g/mol. The Hall–Kier alpha value is -6.58. The quantitative estimate of drug-likeness (QED) is 0.183. The van der Waals surface area contributed by atoms with E-state index in [2.05, 4.69) is 186 Å². The Bertz CT molecular complexity index is 3050. The first-order valence-electron chi connectivity index (χ1n) is 18.1. The van der Waals surface area contributed by atoms with Gasteiger partial charge in [-0.25, -0.2) is 0 Å². The van der Waals surface area contributed by atoms with E-state index in [0.717, 1.165) is 17.8 Å². The first kappa shape index (κ1) is 29.2. The third-order valence-corrected chi connectivity index (χ3v) is 11.2. The lowest BCUT2D eigenvalue weighted by Gasteiger charge is -2.18. The highest BCUT2D eigenvalue weighted by Crippen LogP contribution is 2.42. The second-order valence-electron chi connectivity index (χ2n) is 14.2. The number of para-hydroxylation sites is 3. The van der Waals surface area contributed by atoms with Gasteiger partial charge in [0.15, 0.2) is 0 Å². The number of furan rings is 1. The Kier molecular flexibility index (Phi) is 6.29. The van der Waals surface area contributed by atoms with Crippen LogP contribution >= 0.6 is 0 Å². The highest BCUT2D eigenvalue weighted by molar-refractivity contribution is 6.13. The molecule has 0 fully saturated rings. The topological polar surface area (TPSA) is 23.0 Å². The molecule has 3 heterocycles. The third kappa shape index (κ3) is 4.32. The van der Waals surface area contributed by atoms with E-state index in [0.29, 0.717) is 0 Å². The second-order valence-corrected chi connectivity index (χ2v) is 14.2. The Morgan fingerprint density at radius 1 is 0.519 bits per heavy atom. The predicted octanol–water partition coefficient (Wildman–Crippen LogP) is 13.0. The summed E-state index contributed by atoms with van der Waals surface area (Å²) in [5.74, 6) is 1.26.